The van der Waals surface area contributed by atoms with Gasteiger partial charge in [0.1, 0.15) is 0 Å². The number of amides is 1. The minimum Gasteiger partial charge on any atom is -0.379 e. The van der Waals surface area contributed by atoms with Crippen molar-refractivity contribution in [3.63, 3.8) is 0 Å². The van der Waals surface area contributed by atoms with Gasteiger partial charge in [0.25, 0.3) is 0 Å². The highest BCUT2D eigenvalue weighted by Crippen LogP contribution is 2.28. The highest BCUT2D eigenvalue weighted by Gasteiger charge is 2.33. The minimum atomic E-state index is 0.0471. The van der Waals surface area contributed by atoms with E-state index in [0.29, 0.717) is 5.91 Å². The Hall–Kier alpha value is -1.17. The zero-order valence-electron chi connectivity index (χ0n) is 14.5. The second kappa shape index (κ2) is 7.38. The number of piperazine rings is 1. The number of hydrogen-bond donors (Lipinski definition) is 0. The fraction of sp³-hybridized carbons (Fsp3) is 0.737. The van der Waals surface area contributed by atoms with Gasteiger partial charge in [-0.05, 0) is 24.8 Å². The molecule has 1 saturated carbocycles. The SMILES string of the molecule is O=C(C1C=CC(CN2CCOCC2)=CC1)N1CCN(C2CC2)CC1. The molecule has 4 aliphatic rings. The van der Waals surface area contributed by atoms with Crippen molar-refractivity contribution in [2.75, 3.05) is 59.0 Å². The summed E-state index contributed by atoms with van der Waals surface area (Å²) < 4.78 is 5.40. The summed E-state index contributed by atoms with van der Waals surface area (Å²) in [7, 11) is 0. The van der Waals surface area contributed by atoms with Crippen molar-refractivity contribution in [1.82, 2.24) is 14.7 Å². The molecule has 5 heteroatoms. The van der Waals surface area contributed by atoms with Crippen LogP contribution >= 0.6 is 0 Å². The Morgan fingerprint density at radius 3 is 2.46 bits per heavy atom. The molecule has 3 fully saturated rings. The van der Waals surface area contributed by atoms with E-state index in [4.69, 9.17) is 4.74 Å². The van der Waals surface area contributed by atoms with Crippen molar-refractivity contribution < 1.29 is 9.53 Å². The van der Waals surface area contributed by atoms with Gasteiger partial charge in [-0.15, -0.1) is 0 Å². The Labute approximate surface area is 144 Å². The minimum absolute atomic E-state index is 0.0471. The lowest BCUT2D eigenvalue weighted by molar-refractivity contribution is -0.135. The quantitative estimate of drug-likeness (QED) is 0.774. The smallest absolute Gasteiger partial charge is 0.229 e. The van der Waals surface area contributed by atoms with Gasteiger partial charge in [0.05, 0.1) is 19.1 Å². The van der Waals surface area contributed by atoms with Crippen molar-refractivity contribution in [1.29, 1.82) is 0 Å². The number of morpholine rings is 1. The molecule has 0 radical (unpaired) electrons. The van der Waals surface area contributed by atoms with E-state index < -0.39 is 0 Å². The summed E-state index contributed by atoms with van der Waals surface area (Å²) in [6, 6.07) is 0.822. The monoisotopic (exact) mass is 331 g/mol. The Bertz CT molecular complexity index is 513. The Kier molecular flexibility index (Phi) is 5.01. The molecule has 0 N–H and O–H groups in total. The average molecular weight is 331 g/mol. The molecular weight excluding hydrogens is 302 g/mol. The summed E-state index contributed by atoms with van der Waals surface area (Å²) in [5, 5.41) is 0. The first-order valence-electron chi connectivity index (χ1n) is 9.50. The lowest BCUT2D eigenvalue weighted by Gasteiger charge is -2.36. The van der Waals surface area contributed by atoms with E-state index in [-0.39, 0.29) is 5.92 Å². The van der Waals surface area contributed by atoms with Crippen LogP contribution in [0.4, 0.5) is 0 Å². The standard InChI is InChI=1S/C19H29N3O2/c23-19(22-9-7-21(8-10-22)18-5-6-18)17-3-1-16(2-4-17)15-20-11-13-24-14-12-20/h1-3,17-18H,4-15H2. The van der Waals surface area contributed by atoms with Crippen LogP contribution in [0.3, 0.4) is 0 Å². The molecule has 132 valence electrons. The van der Waals surface area contributed by atoms with Gasteiger partial charge in [-0.25, -0.2) is 0 Å². The first-order chi connectivity index (χ1) is 11.8. The second-order valence-electron chi connectivity index (χ2n) is 7.46. The van der Waals surface area contributed by atoms with Crippen LogP contribution in [0.15, 0.2) is 23.8 Å². The molecule has 2 saturated heterocycles. The molecule has 1 atom stereocenters. The fourth-order valence-corrected chi connectivity index (χ4v) is 3.96. The van der Waals surface area contributed by atoms with Crippen molar-refractivity contribution in [3.05, 3.63) is 23.8 Å². The van der Waals surface area contributed by atoms with E-state index >= 15 is 0 Å². The topological polar surface area (TPSA) is 36.0 Å². The van der Waals surface area contributed by atoms with Gasteiger partial charge in [0.15, 0.2) is 0 Å². The van der Waals surface area contributed by atoms with E-state index in [1.54, 1.807) is 0 Å². The van der Waals surface area contributed by atoms with Crippen LogP contribution in [0.5, 0.6) is 0 Å². The Morgan fingerprint density at radius 2 is 1.83 bits per heavy atom. The van der Waals surface area contributed by atoms with Gasteiger partial charge in [-0.3, -0.25) is 14.6 Å². The molecule has 5 nitrogen and oxygen atoms in total. The highest BCUT2D eigenvalue weighted by atomic mass is 16.5. The number of nitrogens with zero attached hydrogens (tertiary/aromatic N) is 3. The van der Waals surface area contributed by atoms with Gasteiger partial charge >= 0.3 is 0 Å². The Balaban J connectivity index is 1.24. The fourth-order valence-electron chi connectivity index (χ4n) is 3.96. The van der Waals surface area contributed by atoms with E-state index in [9.17, 15) is 4.79 Å². The summed E-state index contributed by atoms with van der Waals surface area (Å²) in [5.74, 6) is 0.370. The Morgan fingerprint density at radius 1 is 1.08 bits per heavy atom. The first-order valence-corrected chi connectivity index (χ1v) is 9.50. The molecule has 2 heterocycles. The highest BCUT2D eigenvalue weighted by molar-refractivity contribution is 5.81. The predicted octanol–water partition coefficient (Wildman–Crippen LogP) is 1.13. The van der Waals surface area contributed by atoms with Crippen LogP contribution in [-0.4, -0.2) is 85.7 Å². The van der Waals surface area contributed by atoms with E-state index in [0.717, 1.165) is 71.5 Å². The van der Waals surface area contributed by atoms with E-state index in [2.05, 4.69) is 32.9 Å². The van der Waals surface area contributed by atoms with Crippen molar-refractivity contribution in [2.24, 2.45) is 5.92 Å². The normalized spacial score (nSPS) is 29.6. The molecule has 1 unspecified atom stereocenters. The van der Waals surface area contributed by atoms with Crippen molar-refractivity contribution in [2.45, 2.75) is 25.3 Å². The summed E-state index contributed by atoms with van der Waals surface area (Å²) in [4.78, 5) is 19.8. The molecular formula is C19H29N3O2. The molecule has 0 spiro atoms. The largest absolute Gasteiger partial charge is 0.379 e. The maximum atomic E-state index is 12.7. The zero-order chi connectivity index (χ0) is 16.4. The van der Waals surface area contributed by atoms with Crippen LogP contribution in [0, 0.1) is 5.92 Å². The molecule has 1 amide bonds. The molecule has 2 aliphatic heterocycles. The molecule has 0 aromatic carbocycles. The number of allylic oxidation sites excluding steroid dienone is 1. The molecule has 4 rings (SSSR count). The van der Waals surface area contributed by atoms with Crippen molar-refractivity contribution >= 4 is 5.91 Å². The lowest BCUT2D eigenvalue weighted by Crippen LogP contribution is -2.50. The average Bonchev–Trinajstić information content (AvgIpc) is 3.48. The summed E-state index contributed by atoms with van der Waals surface area (Å²) in [6.45, 7) is 8.62. The van der Waals surface area contributed by atoms with Gasteiger partial charge in [-0.2, -0.15) is 0 Å². The van der Waals surface area contributed by atoms with Crippen LogP contribution in [-0.2, 0) is 9.53 Å². The molecule has 0 aromatic rings. The van der Waals surface area contributed by atoms with Gasteiger partial charge < -0.3 is 9.64 Å². The number of hydrogen-bond acceptors (Lipinski definition) is 4. The van der Waals surface area contributed by atoms with Gasteiger partial charge in [0.2, 0.25) is 5.91 Å². The van der Waals surface area contributed by atoms with E-state index in [1.807, 2.05) is 0 Å². The predicted molar refractivity (Wildman–Crippen MR) is 93.8 cm³/mol. The summed E-state index contributed by atoms with van der Waals surface area (Å²) >= 11 is 0. The zero-order valence-corrected chi connectivity index (χ0v) is 14.5. The molecule has 2 aliphatic carbocycles. The third-order valence-corrected chi connectivity index (χ3v) is 5.69. The lowest BCUT2D eigenvalue weighted by atomic mass is 9.94. The summed E-state index contributed by atoms with van der Waals surface area (Å²) in [5.41, 5.74) is 1.35. The van der Waals surface area contributed by atoms with E-state index in [1.165, 1.54) is 18.4 Å². The van der Waals surface area contributed by atoms with Gasteiger partial charge in [-0.1, -0.05) is 18.2 Å². The van der Waals surface area contributed by atoms with Crippen LogP contribution in [0.1, 0.15) is 19.3 Å². The number of rotatable bonds is 4. The van der Waals surface area contributed by atoms with Crippen LogP contribution in [0.25, 0.3) is 0 Å². The molecule has 0 bridgehead atoms. The maximum absolute atomic E-state index is 12.7. The maximum Gasteiger partial charge on any atom is 0.229 e. The third kappa shape index (κ3) is 3.90. The molecule has 0 aromatic heterocycles. The number of ether oxygens (including phenoxy) is 1. The van der Waals surface area contributed by atoms with Crippen LogP contribution in [0.2, 0.25) is 0 Å². The first kappa shape index (κ1) is 16.3. The molecule has 24 heavy (non-hydrogen) atoms. The van der Waals surface area contributed by atoms with Crippen LogP contribution < -0.4 is 0 Å². The summed E-state index contributed by atoms with van der Waals surface area (Å²) in [6.07, 6.45) is 10.1. The number of carbonyl (C=O) groups is 1. The number of carbonyl (C=O) groups excluding carboxylic acids is 1. The van der Waals surface area contributed by atoms with Crippen molar-refractivity contribution in [3.8, 4) is 0 Å². The second-order valence-corrected chi connectivity index (χ2v) is 7.46. The third-order valence-electron chi connectivity index (χ3n) is 5.69. The van der Waals surface area contributed by atoms with Gasteiger partial charge in [0, 0.05) is 51.9 Å².